The Balaban J connectivity index is 1.96. The van der Waals surface area contributed by atoms with Crippen LogP contribution in [-0.2, 0) is 0 Å². The van der Waals surface area contributed by atoms with Crippen LogP contribution in [0.5, 0.6) is 0 Å². The van der Waals surface area contributed by atoms with Gasteiger partial charge < -0.3 is 5.32 Å². The van der Waals surface area contributed by atoms with Gasteiger partial charge in [-0.2, -0.15) is 0 Å². The number of nitrogens with one attached hydrogen (secondary N) is 2. The van der Waals surface area contributed by atoms with Crippen LogP contribution >= 0.6 is 0 Å². The van der Waals surface area contributed by atoms with Gasteiger partial charge in [-0.15, -0.1) is 0 Å². The average Bonchev–Trinajstić information content (AvgIpc) is 1.95. The third-order valence-corrected chi connectivity index (χ3v) is 2.48. The SMILES string of the molecule is CCC(C)CNC1CC(C)N1. The van der Waals surface area contributed by atoms with Crippen LogP contribution in [0.25, 0.3) is 0 Å². The minimum atomic E-state index is 0.596. The Kier molecular flexibility index (Phi) is 3.34. The molecular formula is C9H20N2. The lowest BCUT2D eigenvalue weighted by atomic mass is 10.0. The molecule has 0 amide bonds. The highest BCUT2D eigenvalue weighted by Gasteiger charge is 2.23. The maximum atomic E-state index is 3.49. The van der Waals surface area contributed by atoms with E-state index < -0.39 is 0 Å². The van der Waals surface area contributed by atoms with Crippen LogP contribution in [0.1, 0.15) is 33.6 Å². The van der Waals surface area contributed by atoms with Crippen molar-refractivity contribution in [3.63, 3.8) is 0 Å². The molecule has 0 aromatic carbocycles. The van der Waals surface area contributed by atoms with Crippen LogP contribution in [0.2, 0.25) is 0 Å². The predicted molar refractivity (Wildman–Crippen MR) is 48.5 cm³/mol. The normalized spacial score (nSPS) is 33.0. The molecular weight excluding hydrogens is 136 g/mol. The molecule has 2 heteroatoms. The fourth-order valence-electron chi connectivity index (χ4n) is 1.30. The molecule has 2 N–H and O–H groups in total. The predicted octanol–water partition coefficient (Wildman–Crippen LogP) is 1.33. The summed E-state index contributed by atoms with van der Waals surface area (Å²) < 4.78 is 0. The quantitative estimate of drug-likeness (QED) is 0.641. The topological polar surface area (TPSA) is 24.1 Å². The second-order valence-electron chi connectivity index (χ2n) is 3.78. The summed E-state index contributed by atoms with van der Waals surface area (Å²) in [6.45, 7) is 7.90. The highest BCUT2D eigenvalue weighted by atomic mass is 15.2. The molecule has 1 aliphatic heterocycles. The molecule has 1 saturated heterocycles. The van der Waals surface area contributed by atoms with Gasteiger partial charge in [0, 0.05) is 6.04 Å². The zero-order valence-corrected chi connectivity index (χ0v) is 7.85. The monoisotopic (exact) mass is 156 g/mol. The molecule has 2 nitrogen and oxygen atoms in total. The first kappa shape index (κ1) is 9.01. The van der Waals surface area contributed by atoms with Crippen molar-refractivity contribution in [1.82, 2.24) is 10.6 Å². The summed E-state index contributed by atoms with van der Waals surface area (Å²) in [5, 5.41) is 6.90. The molecule has 0 saturated carbocycles. The first-order chi connectivity index (χ1) is 5.22. The highest BCUT2D eigenvalue weighted by Crippen LogP contribution is 2.08. The number of hydrogen-bond acceptors (Lipinski definition) is 2. The molecule has 3 unspecified atom stereocenters. The third-order valence-electron chi connectivity index (χ3n) is 2.48. The van der Waals surface area contributed by atoms with Gasteiger partial charge in [-0.05, 0) is 25.8 Å². The Hall–Kier alpha value is -0.0800. The van der Waals surface area contributed by atoms with Gasteiger partial charge in [0.2, 0.25) is 0 Å². The van der Waals surface area contributed by atoms with E-state index >= 15 is 0 Å². The second kappa shape index (κ2) is 4.07. The van der Waals surface area contributed by atoms with Crippen molar-refractivity contribution >= 4 is 0 Å². The van der Waals surface area contributed by atoms with Gasteiger partial charge in [-0.3, -0.25) is 5.32 Å². The number of rotatable bonds is 4. The molecule has 0 aliphatic carbocycles. The van der Waals surface area contributed by atoms with Crippen molar-refractivity contribution in [2.45, 2.75) is 45.8 Å². The van der Waals surface area contributed by atoms with Crippen LogP contribution in [0.15, 0.2) is 0 Å². The zero-order chi connectivity index (χ0) is 8.27. The van der Waals surface area contributed by atoms with Crippen molar-refractivity contribution in [1.29, 1.82) is 0 Å². The van der Waals surface area contributed by atoms with Crippen molar-refractivity contribution < 1.29 is 0 Å². The van der Waals surface area contributed by atoms with Crippen LogP contribution in [0, 0.1) is 5.92 Å². The Morgan fingerprint density at radius 1 is 1.64 bits per heavy atom. The van der Waals surface area contributed by atoms with Gasteiger partial charge in [0.1, 0.15) is 0 Å². The lowest BCUT2D eigenvalue weighted by Gasteiger charge is -2.36. The molecule has 11 heavy (non-hydrogen) atoms. The van der Waals surface area contributed by atoms with Crippen molar-refractivity contribution in [3.8, 4) is 0 Å². The van der Waals surface area contributed by atoms with E-state index in [1.165, 1.54) is 12.8 Å². The molecule has 3 atom stereocenters. The standard InChI is InChI=1S/C9H20N2/c1-4-7(2)6-10-9-5-8(3)11-9/h7-11H,4-6H2,1-3H3. The summed E-state index contributed by atoms with van der Waals surface area (Å²) >= 11 is 0. The lowest BCUT2D eigenvalue weighted by Crippen LogP contribution is -2.58. The first-order valence-electron chi connectivity index (χ1n) is 4.71. The fourth-order valence-corrected chi connectivity index (χ4v) is 1.30. The van der Waals surface area contributed by atoms with E-state index in [4.69, 9.17) is 0 Å². The van der Waals surface area contributed by atoms with Crippen molar-refractivity contribution in [3.05, 3.63) is 0 Å². The van der Waals surface area contributed by atoms with E-state index in [-0.39, 0.29) is 0 Å². The summed E-state index contributed by atoms with van der Waals surface area (Å²) in [5.41, 5.74) is 0. The van der Waals surface area contributed by atoms with Crippen LogP contribution in [0.3, 0.4) is 0 Å². The Morgan fingerprint density at radius 2 is 2.27 bits per heavy atom. The average molecular weight is 156 g/mol. The van der Waals surface area contributed by atoms with E-state index in [1.807, 2.05) is 0 Å². The molecule has 1 aliphatic rings. The van der Waals surface area contributed by atoms with E-state index in [9.17, 15) is 0 Å². The molecule has 1 heterocycles. The van der Waals surface area contributed by atoms with E-state index in [2.05, 4.69) is 31.4 Å². The van der Waals surface area contributed by atoms with E-state index in [0.717, 1.165) is 18.5 Å². The summed E-state index contributed by atoms with van der Waals surface area (Å²) in [5.74, 6) is 0.813. The van der Waals surface area contributed by atoms with Crippen LogP contribution < -0.4 is 10.6 Å². The van der Waals surface area contributed by atoms with E-state index in [0.29, 0.717) is 6.17 Å². The lowest BCUT2D eigenvalue weighted by molar-refractivity contribution is 0.228. The number of hydrogen-bond donors (Lipinski definition) is 2. The van der Waals surface area contributed by atoms with Crippen molar-refractivity contribution in [2.75, 3.05) is 6.54 Å². The van der Waals surface area contributed by atoms with Gasteiger partial charge in [0.25, 0.3) is 0 Å². The summed E-state index contributed by atoms with van der Waals surface area (Å²) in [4.78, 5) is 0. The summed E-state index contributed by atoms with van der Waals surface area (Å²) in [7, 11) is 0. The summed E-state index contributed by atoms with van der Waals surface area (Å²) in [6, 6.07) is 0.726. The summed E-state index contributed by atoms with van der Waals surface area (Å²) in [6.07, 6.45) is 3.16. The van der Waals surface area contributed by atoms with Gasteiger partial charge in [-0.1, -0.05) is 20.3 Å². The molecule has 0 aromatic heterocycles. The minimum absolute atomic E-state index is 0.596. The van der Waals surface area contributed by atoms with E-state index in [1.54, 1.807) is 0 Å². The Morgan fingerprint density at radius 3 is 2.73 bits per heavy atom. The molecule has 1 rings (SSSR count). The first-order valence-corrected chi connectivity index (χ1v) is 4.71. The molecule has 0 bridgehead atoms. The second-order valence-corrected chi connectivity index (χ2v) is 3.78. The zero-order valence-electron chi connectivity index (χ0n) is 7.85. The van der Waals surface area contributed by atoms with Crippen molar-refractivity contribution in [2.24, 2.45) is 5.92 Å². The van der Waals surface area contributed by atoms with Gasteiger partial charge in [0.05, 0.1) is 6.17 Å². The molecule has 0 radical (unpaired) electrons. The maximum absolute atomic E-state index is 3.49. The third kappa shape index (κ3) is 2.80. The van der Waals surface area contributed by atoms with Crippen LogP contribution in [0.4, 0.5) is 0 Å². The van der Waals surface area contributed by atoms with Crippen LogP contribution in [-0.4, -0.2) is 18.8 Å². The molecule has 0 spiro atoms. The Labute approximate surface area is 69.8 Å². The van der Waals surface area contributed by atoms with Gasteiger partial charge in [0.15, 0.2) is 0 Å². The van der Waals surface area contributed by atoms with Gasteiger partial charge >= 0.3 is 0 Å². The van der Waals surface area contributed by atoms with Gasteiger partial charge in [-0.25, -0.2) is 0 Å². The smallest absolute Gasteiger partial charge is 0.0588 e. The Bertz CT molecular complexity index is 108. The molecule has 66 valence electrons. The molecule has 1 fully saturated rings. The maximum Gasteiger partial charge on any atom is 0.0588 e. The highest BCUT2D eigenvalue weighted by molar-refractivity contribution is 4.83. The molecule has 0 aromatic rings. The largest absolute Gasteiger partial charge is 0.302 e. The fraction of sp³-hybridized carbons (Fsp3) is 1.00. The minimum Gasteiger partial charge on any atom is -0.302 e.